The molecule has 0 atom stereocenters. The first-order valence-electron chi connectivity index (χ1n) is 8.76. The number of halogens is 1. The molecular weight excluding hydrogens is 364 g/mol. The van der Waals surface area contributed by atoms with Crippen molar-refractivity contribution in [3.63, 3.8) is 0 Å². The highest BCUT2D eigenvalue weighted by Crippen LogP contribution is 2.27. The number of carbonyl (C=O) groups excluding carboxylic acids is 1. The Hall–Kier alpha value is -2.67. The highest BCUT2D eigenvalue weighted by molar-refractivity contribution is 6.29. The van der Waals surface area contributed by atoms with Gasteiger partial charge in [-0.15, -0.1) is 0 Å². The van der Waals surface area contributed by atoms with Crippen molar-refractivity contribution >= 4 is 34.4 Å². The van der Waals surface area contributed by atoms with E-state index in [9.17, 15) is 4.79 Å². The van der Waals surface area contributed by atoms with Crippen LogP contribution in [0.2, 0.25) is 5.15 Å². The van der Waals surface area contributed by atoms with Crippen molar-refractivity contribution in [2.24, 2.45) is 7.05 Å². The van der Waals surface area contributed by atoms with Gasteiger partial charge < -0.3 is 10.6 Å². The van der Waals surface area contributed by atoms with Gasteiger partial charge in [-0.1, -0.05) is 25.4 Å². The number of amides is 2. The van der Waals surface area contributed by atoms with Gasteiger partial charge in [-0.05, 0) is 43.5 Å². The van der Waals surface area contributed by atoms with Gasteiger partial charge in [0.25, 0.3) is 0 Å². The molecule has 0 aliphatic rings. The van der Waals surface area contributed by atoms with Crippen LogP contribution >= 0.6 is 11.6 Å². The molecule has 142 valence electrons. The summed E-state index contributed by atoms with van der Waals surface area (Å²) in [6.07, 6.45) is 0. The van der Waals surface area contributed by atoms with Crippen molar-refractivity contribution in [2.45, 2.75) is 40.2 Å². The van der Waals surface area contributed by atoms with E-state index in [-0.39, 0.29) is 6.03 Å². The van der Waals surface area contributed by atoms with Crippen LogP contribution in [0.25, 0.3) is 11.0 Å². The maximum absolute atomic E-state index is 12.2. The number of hydrogen-bond donors (Lipinski definition) is 2. The maximum atomic E-state index is 12.2. The van der Waals surface area contributed by atoms with Gasteiger partial charge >= 0.3 is 6.03 Å². The molecule has 3 aromatic heterocycles. The van der Waals surface area contributed by atoms with Crippen molar-refractivity contribution in [1.82, 2.24) is 25.1 Å². The Kier molecular flexibility index (Phi) is 5.32. The van der Waals surface area contributed by atoms with Crippen molar-refractivity contribution in [1.29, 1.82) is 0 Å². The van der Waals surface area contributed by atoms with E-state index in [2.05, 4.69) is 39.5 Å². The van der Waals surface area contributed by atoms with E-state index in [1.54, 1.807) is 16.8 Å². The summed E-state index contributed by atoms with van der Waals surface area (Å²) >= 11 is 5.92. The van der Waals surface area contributed by atoms with Gasteiger partial charge in [-0.3, -0.25) is 4.68 Å². The molecule has 0 saturated heterocycles. The van der Waals surface area contributed by atoms with Crippen LogP contribution in [0, 0.1) is 13.8 Å². The lowest BCUT2D eigenvalue weighted by Crippen LogP contribution is -2.28. The van der Waals surface area contributed by atoms with Crippen LogP contribution in [0.3, 0.4) is 0 Å². The van der Waals surface area contributed by atoms with Crippen LogP contribution in [0.1, 0.15) is 42.4 Å². The molecule has 0 aliphatic carbocycles. The smallest absolute Gasteiger partial charge is 0.319 e. The number of nitrogens with one attached hydrogen (secondary N) is 2. The van der Waals surface area contributed by atoms with E-state index in [0.29, 0.717) is 23.3 Å². The molecule has 0 aromatic carbocycles. The fourth-order valence-electron chi connectivity index (χ4n) is 3.12. The molecule has 0 fully saturated rings. The molecule has 0 radical (unpaired) electrons. The molecule has 2 amide bonds. The highest BCUT2D eigenvalue weighted by Gasteiger charge is 2.16. The number of hydrogen-bond acceptors (Lipinski definition) is 4. The summed E-state index contributed by atoms with van der Waals surface area (Å²) < 4.78 is 1.78. The zero-order valence-electron chi connectivity index (χ0n) is 16.1. The maximum Gasteiger partial charge on any atom is 0.319 e. The van der Waals surface area contributed by atoms with Gasteiger partial charge in [0.2, 0.25) is 0 Å². The van der Waals surface area contributed by atoms with E-state index in [4.69, 9.17) is 11.6 Å². The second kappa shape index (κ2) is 7.52. The van der Waals surface area contributed by atoms with Crippen LogP contribution < -0.4 is 10.6 Å². The molecule has 0 aliphatic heterocycles. The molecule has 0 bridgehead atoms. The Bertz CT molecular complexity index is 991. The number of aryl methyl sites for hydroxylation is 3. The average Bonchev–Trinajstić information content (AvgIpc) is 2.85. The SMILES string of the molecule is Cc1cc(NC(=O)NCc2cc(C(C)C)c3c(C)nn(C)c3n2)cc(Cl)n1. The fraction of sp³-hybridized carbons (Fsp3) is 0.368. The van der Waals surface area contributed by atoms with Crippen molar-refractivity contribution in [3.8, 4) is 0 Å². The Labute approximate surface area is 163 Å². The fourth-order valence-corrected chi connectivity index (χ4v) is 3.38. The van der Waals surface area contributed by atoms with Gasteiger partial charge in [-0.25, -0.2) is 14.8 Å². The lowest BCUT2D eigenvalue weighted by atomic mass is 9.99. The van der Waals surface area contributed by atoms with Crippen LogP contribution in [0.5, 0.6) is 0 Å². The number of rotatable bonds is 4. The lowest BCUT2D eigenvalue weighted by molar-refractivity contribution is 0.251. The third-order valence-electron chi connectivity index (χ3n) is 4.28. The first kappa shape index (κ1) is 19.1. The first-order chi connectivity index (χ1) is 12.7. The molecule has 27 heavy (non-hydrogen) atoms. The second-order valence-corrected chi connectivity index (χ2v) is 7.28. The van der Waals surface area contributed by atoms with E-state index < -0.39 is 0 Å². The summed E-state index contributed by atoms with van der Waals surface area (Å²) in [5.74, 6) is 0.327. The summed E-state index contributed by atoms with van der Waals surface area (Å²) in [7, 11) is 1.88. The van der Waals surface area contributed by atoms with E-state index in [1.165, 1.54) is 5.56 Å². The number of nitrogens with zero attached hydrogens (tertiary/aromatic N) is 4. The largest absolute Gasteiger partial charge is 0.332 e. The third kappa shape index (κ3) is 4.19. The van der Waals surface area contributed by atoms with Crippen LogP contribution in [-0.2, 0) is 13.6 Å². The lowest BCUT2D eigenvalue weighted by Gasteiger charge is -2.12. The van der Waals surface area contributed by atoms with E-state index in [1.807, 2.05) is 27.0 Å². The Morgan fingerprint density at radius 1 is 1.22 bits per heavy atom. The predicted octanol–water partition coefficient (Wildman–Crippen LogP) is 4.08. The zero-order valence-corrected chi connectivity index (χ0v) is 16.8. The van der Waals surface area contributed by atoms with Crippen LogP contribution in [0.4, 0.5) is 10.5 Å². The van der Waals surface area contributed by atoms with Gasteiger partial charge in [0.15, 0.2) is 5.65 Å². The predicted molar refractivity (Wildman–Crippen MR) is 107 cm³/mol. The zero-order chi connectivity index (χ0) is 19.7. The molecule has 0 saturated carbocycles. The van der Waals surface area contributed by atoms with Crippen molar-refractivity contribution in [2.75, 3.05) is 5.32 Å². The number of aromatic nitrogens is 4. The van der Waals surface area contributed by atoms with Gasteiger partial charge in [0.1, 0.15) is 5.15 Å². The topological polar surface area (TPSA) is 84.7 Å². The summed E-state index contributed by atoms with van der Waals surface area (Å²) in [4.78, 5) is 21.0. The summed E-state index contributed by atoms with van der Waals surface area (Å²) in [5, 5.41) is 11.5. The monoisotopic (exact) mass is 386 g/mol. The number of urea groups is 1. The molecular formula is C19H23ClN6O. The Morgan fingerprint density at radius 3 is 2.63 bits per heavy atom. The second-order valence-electron chi connectivity index (χ2n) is 6.89. The van der Waals surface area contributed by atoms with Gasteiger partial charge in [-0.2, -0.15) is 5.10 Å². The first-order valence-corrected chi connectivity index (χ1v) is 9.14. The van der Waals surface area contributed by atoms with Gasteiger partial charge in [0.05, 0.1) is 17.9 Å². The molecule has 3 aromatic rings. The Balaban J connectivity index is 1.78. The average molecular weight is 387 g/mol. The van der Waals surface area contributed by atoms with E-state index in [0.717, 1.165) is 28.1 Å². The summed E-state index contributed by atoms with van der Waals surface area (Å²) in [6.45, 7) is 8.39. The quantitative estimate of drug-likeness (QED) is 0.661. The molecule has 0 unspecified atom stereocenters. The van der Waals surface area contributed by atoms with Gasteiger partial charge in [0, 0.05) is 23.8 Å². The minimum Gasteiger partial charge on any atom is -0.332 e. The van der Waals surface area contributed by atoms with Crippen molar-refractivity contribution in [3.05, 3.63) is 46.0 Å². The number of pyridine rings is 2. The molecule has 8 heteroatoms. The third-order valence-corrected chi connectivity index (χ3v) is 4.48. The minimum absolute atomic E-state index is 0.309. The standard InChI is InChI=1S/C19H23ClN6O/c1-10(2)15-7-14(23-18-17(15)12(4)25-26(18)5)9-21-19(27)24-13-6-11(3)22-16(20)8-13/h6-8,10H,9H2,1-5H3,(H2,21,22,24,27). The van der Waals surface area contributed by atoms with Crippen LogP contribution in [0.15, 0.2) is 18.2 Å². The summed E-state index contributed by atoms with van der Waals surface area (Å²) in [6, 6.07) is 5.07. The Morgan fingerprint density at radius 2 is 1.96 bits per heavy atom. The normalized spacial score (nSPS) is 11.2. The molecule has 3 rings (SSSR count). The number of carbonyl (C=O) groups is 1. The summed E-state index contributed by atoms with van der Waals surface area (Å²) in [5.41, 5.74) is 5.09. The highest BCUT2D eigenvalue weighted by atomic mass is 35.5. The molecule has 2 N–H and O–H groups in total. The molecule has 3 heterocycles. The minimum atomic E-state index is -0.328. The van der Waals surface area contributed by atoms with Crippen molar-refractivity contribution < 1.29 is 4.79 Å². The van der Waals surface area contributed by atoms with E-state index >= 15 is 0 Å². The molecule has 7 nitrogen and oxygen atoms in total. The number of anilines is 1. The molecule has 0 spiro atoms. The number of fused-ring (bicyclic) bond motifs is 1. The van der Waals surface area contributed by atoms with Crippen LogP contribution in [-0.4, -0.2) is 25.8 Å².